The summed E-state index contributed by atoms with van der Waals surface area (Å²) in [4.78, 5) is 26.0. The summed E-state index contributed by atoms with van der Waals surface area (Å²) >= 11 is 1.53. The molecule has 0 spiro atoms. The maximum atomic E-state index is 12.8. The van der Waals surface area contributed by atoms with E-state index in [2.05, 4.69) is 25.6 Å². The number of carbonyl (C=O) groups is 1. The Bertz CT molecular complexity index is 1360. The van der Waals surface area contributed by atoms with Crippen LogP contribution in [0, 0.1) is 6.92 Å². The van der Waals surface area contributed by atoms with Crippen molar-refractivity contribution in [1.29, 1.82) is 0 Å². The Morgan fingerprint density at radius 2 is 1.87 bits per heavy atom. The van der Waals surface area contributed by atoms with E-state index in [1.165, 1.54) is 11.3 Å². The molecule has 0 saturated heterocycles. The van der Waals surface area contributed by atoms with Gasteiger partial charge in [-0.1, -0.05) is 18.2 Å². The number of carbonyl (C=O) groups excluding carboxylic acids is 1. The number of amides is 1. The van der Waals surface area contributed by atoms with Gasteiger partial charge in [-0.2, -0.15) is 0 Å². The van der Waals surface area contributed by atoms with Crippen LogP contribution in [0.3, 0.4) is 0 Å². The number of aryl methyl sites for hydroxylation is 1. The lowest BCUT2D eigenvalue weighted by atomic mass is 10.1. The topological polar surface area (TPSA) is 84.2 Å². The first-order chi connectivity index (χ1) is 15.2. The van der Waals surface area contributed by atoms with Gasteiger partial charge in [-0.25, -0.2) is 9.97 Å². The predicted molar refractivity (Wildman–Crippen MR) is 123 cm³/mol. The van der Waals surface area contributed by atoms with E-state index in [4.69, 9.17) is 0 Å². The molecule has 31 heavy (non-hydrogen) atoms. The number of imidazole rings is 1. The number of nitrogens with one attached hydrogen (secondary N) is 2. The third-order valence-corrected chi connectivity index (χ3v) is 5.53. The van der Waals surface area contributed by atoms with Crippen LogP contribution in [0.15, 0.2) is 78.6 Å². The summed E-state index contributed by atoms with van der Waals surface area (Å²) in [6, 6.07) is 17.1. The monoisotopic (exact) mass is 426 g/mol. The molecule has 0 unspecified atom stereocenters. The highest BCUT2D eigenvalue weighted by atomic mass is 32.1. The van der Waals surface area contributed by atoms with Gasteiger partial charge in [-0.15, -0.1) is 11.3 Å². The molecule has 5 rings (SSSR count). The van der Waals surface area contributed by atoms with Gasteiger partial charge in [-0.05, 0) is 43.3 Å². The lowest BCUT2D eigenvalue weighted by Gasteiger charge is -2.07. The van der Waals surface area contributed by atoms with Crippen molar-refractivity contribution in [3.63, 3.8) is 0 Å². The van der Waals surface area contributed by atoms with E-state index in [0.717, 1.165) is 27.7 Å². The van der Waals surface area contributed by atoms with E-state index < -0.39 is 0 Å². The van der Waals surface area contributed by atoms with Crippen molar-refractivity contribution >= 4 is 39.4 Å². The van der Waals surface area contributed by atoms with Gasteiger partial charge >= 0.3 is 0 Å². The van der Waals surface area contributed by atoms with Crippen molar-refractivity contribution in [2.24, 2.45) is 0 Å². The van der Waals surface area contributed by atoms with Gasteiger partial charge in [0.25, 0.3) is 5.91 Å². The fourth-order valence-corrected chi connectivity index (χ4v) is 4.07. The third-order valence-electron chi connectivity index (χ3n) is 4.77. The van der Waals surface area contributed by atoms with Gasteiger partial charge in [0.2, 0.25) is 0 Å². The molecule has 1 aromatic carbocycles. The molecule has 0 atom stereocenters. The van der Waals surface area contributed by atoms with Gasteiger partial charge in [0.1, 0.15) is 11.3 Å². The van der Waals surface area contributed by atoms with E-state index in [1.807, 2.05) is 73.1 Å². The maximum absolute atomic E-state index is 12.8. The second-order valence-electron chi connectivity index (χ2n) is 6.91. The van der Waals surface area contributed by atoms with Crippen molar-refractivity contribution in [3.8, 4) is 11.3 Å². The van der Waals surface area contributed by atoms with E-state index >= 15 is 0 Å². The zero-order valence-electron chi connectivity index (χ0n) is 16.6. The second-order valence-corrected chi connectivity index (χ2v) is 7.77. The first-order valence-electron chi connectivity index (χ1n) is 9.65. The van der Waals surface area contributed by atoms with Crippen LogP contribution in [-0.2, 0) is 0 Å². The Kier molecular flexibility index (Phi) is 4.89. The van der Waals surface area contributed by atoms with E-state index in [9.17, 15) is 4.79 Å². The van der Waals surface area contributed by atoms with Crippen molar-refractivity contribution < 1.29 is 4.79 Å². The summed E-state index contributed by atoms with van der Waals surface area (Å²) in [7, 11) is 0. The van der Waals surface area contributed by atoms with Crippen LogP contribution in [-0.4, -0.2) is 25.3 Å². The number of benzene rings is 1. The molecule has 5 aromatic rings. The zero-order valence-corrected chi connectivity index (χ0v) is 17.4. The number of aromatic nitrogens is 4. The van der Waals surface area contributed by atoms with Gasteiger partial charge < -0.3 is 10.6 Å². The summed E-state index contributed by atoms with van der Waals surface area (Å²) in [5.41, 5.74) is 5.42. The highest BCUT2D eigenvalue weighted by Gasteiger charge is 2.16. The highest BCUT2D eigenvalue weighted by molar-refractivity contribution is 7.14. The number of hydrogen-bond donors (Lipinski definition) is 2. The molecule has 0 fully saturated rings. The van der Waals surface area contributed by atoms with Crippen molar-refractivity contribution in [3.05, 3.63) is 90.0 Å². The van der Waals surface area contributed by atoms with Crippen LogP contribution in [0.5, 0.6) is 0 Å². The van der Waals surface area contributed by atoms with E-state index in [-0.39, 0.29) is 5.91 Å². The SMILES string of the molecule is Cc1nc2ccccn2c1C(=O)Nc1ccc(-c2csc(Nc3cccnc3)n2)cc1. The largest absolute Gasteiger partial charge is 0.330 e. The van der Waals surface area contributed by atoms with Crippen molar-refractivity contribution in [2.75, 3.05) is 10.6 Å². The second kappa shape index (κ2) is 8.00. The molecular weight excluding hydrogens is 408 g/mol. The molecule has 0 saturated carbocycles. The molecule has 0 aliphatic rings. The molecule has 0 radical (unpaired) electrons. The average molecular weight is 427 g/mol. The van der Waals surface area contributed by atoms with Crippen LogP contribution in [0.2, 0.25) is 0 Å². The van der Waals surface area contributed by atoms with Gasteiger partial charge in [-0.3, -0.25) is 14.2 Å². The molecule has 4 aromatic heterocycles. The van der Waals surface area contributed by atoms with Crippen LogP contribution < -0.4 is 10.6 Å². The molecule has 4 heterocycles. The van der Waals surface area contributed by atoms with Crippen molar-refractivity contribution in [1.82, 2.24) is 19.4 Å². The Morgan fingerprint density at radius 1 is 1.00 bits per heavy atom. The molecule has 2 N–H and O–H groups in total. The van der Waals surface area contributed by atoms with Crippen LogP contribution in [0.25, 0.3) is 16.9 Å². The molecule has 0 bridgehead atoms. The number of thiazole rings is 1. The van der Waals surface area contributed by atoms with Crippen LogP contribution >= 0.6 is 11.3 Å². The summed E-state index contributed by atoms with van der Waals surface area (Å²) in [5, 5.41) is 8.99. The predicted octanol–water partition coefficient (Wildman–Crippen LogP) is 5.16. The Labute approximate surface area is 182 Å². The van der Waals surface area contributed by atoms with Crippen LogP contribution in [0.1, 0.15) is 16.2 Å². The fourth-order valence-electron chi connectivity index (χ4n) is 3.33. The normalized spacial score (nSPS) is 10.9. The zero-order chi connectivity index (χ0) is 21.2. The summed E-state index contributed by atoms with van der Waals surface area (Å²) < 4.78 is 1.80. The number of pyridine rings is 2. The Balaban J connectivity index is 1.31. The standard InChI is InChI=1S/C23H18N6OS/c1-15-21(29-12-3-2-6-20(29)25-15)22(30)26-17-9-7-16(8-10-17)19-14-31-23(28-19)27-18-5-4-11-24-13-18/h2-14H,1H3,(H,26,30)(H,27,28). The lowest BCUT2D eigenvalue weighted by Crippen LogP contribution is -2.15. The molecular formula is C23H18N6OS. The quantitative estimate of drug-likeness (QED) is 0.406. The number of rotatable bonds is 5. The number of hydrogen-bond acceptors (Lipinski definition) is 6. The molecule has 8 heteroatoms. The first-order valence-corrected chi connectivity index (χ1v) is 10.5. The molecule has 0 aliphatic heterocycles. The minimum Gasteiger partial charge on any atom is -0.330 e. The molecule has 1 amide bonds. The Morgan fingerprint density at radius 3 is 2.68 bits per heavy atom. The lowest BCUT2D eigenvalue weighted by molar-refractivity contribution is 0.102. The fraction of sp³-hybridized carbons (Fsp3) is 0.0435. The van der Waals surface area contributed by atoms with Crippen molar-refractivity contribution in [2.45, 2.75) is 6.92 Å². The number of anilines is 3. The first kappa shape index (κ1) is 19.0. The van der Waals surface area contributed by atoms with Gasteiger partial charge in [0, 0.05) is 29.0 Å². The average Bonchev–Trinajstić information content (AvgIpc) is 3.38. The third kappa shape index (κ3) is 3.88. The number of fused-ring (bicyclic) bond motifs is 1. The van der Waals surface area contributed by atoms with Gasteiger partial charge in [0.05, 0.1) is 23.3 Å². The van der Waals surface area contributed by atoms with Gasteiger partial charge in [0.15, 0.2) is 5.13 Å². The summed E-state index contributed by atoms with van der Waals surface area (Å²) in [5.74, 6) is -0.194. The Hall–Kier alpha value is -4.04. The molecule has 7 nitrogen and oxygen atoms in total. The summed E-state index contributed by atoms with van der Waals surface area (Å²) in [6.45, 7) is 1.84. The van der Waals surface area contributed by atoms with Crippen LogP contribution in [0.4, 0.5) is 16.5 Å². The maximum Gasteiger partial charge on any atom is 0.274 e. The highest BCUT2D eigenvalue weighted by Crippen LogP contribution is 2.28. The van der Waals surface area contributed by atoms with E-state index in [1.54, 1.807) is 16.8 Å². The minimum atomic E-state index is -0.194. The molecule has 152 valence electrons. The smallest absolute Gasteiger partial charge is 0.274 e. The molecule has 0 aliphatic carbocycles. The number of nitrogens with zero attached hydrogens (tertiary/aromatic N) is 4. The van der Waals surface area contributed by atoms with E-state index in [0.29, 0.717) is 17.1 Å². The minimum absolute atomic E-state index is 0.194. The summed E-state index contributed by atoms with van der Waals surface area (Å²) in [6.07, 6.45) is 5.33.